The van der Waals surface area contributed by atoms with Crippen molar-refractivity contribution in [2.24, 2.45) is 41.1 Å². The number of carbonyl (C=O) groups is 6. The zero-order chi connectivity index (χ0) is 53.2. The van der Waals surface area contributed by atoms with Crippen LogP contribution >= 0.6 is 0 Å². The van der Waals surface area contributed by atoms with Crippen LogP contribution in [0.2, 0.25) is 0 Å². The van der Waals surface area contributed by atoms with Crippen molar-refractivity contribution < 1.29 is 38.6 Å². The number of H-pyrrole nitrogens is 1. The van der Waals surface area contributed by atoms with Gasteiger partial charge in [-0.3, -0.25) is 28.8 Å². The number of rotatable bonds is 35. The van der Waals surface area contributed by atoms with Gasteiger partial charge in [0.25, 0.3) is 0 Å². The fraction of sp³-hybridized carbons (Fsp3) is 0.576. The molecule has 0 spiro atoms. The van der Waals surface area contributed by atoms with Gasteiger partial charge in [0.1, 0.15) is 0 Å². The minimum atomic E-state index is -0.794. The van der Waals surface area contributed by atoms with Gasteiger partial charge >= 0.3 is 5.97 Å². The largest absolute Gasteiger partial charge is 0.481 e. The van der Waals surface area contributed by atoms with E-state index >= 15 is 0 Å². The summed E-state index contributed by atoms with van der Waals surface area (Å²) >= 11 is 0. The molecule has 1 aliphatic carbocycles. The number of aromatic nitrogens is 2. The SMILES string of the molecule is CCOC(CCCC(CCCC(=O)NCCCc1ccc(CCC(N)=O)cc1CC(=O)NCc1ccc2[nH]cnc2c1)CC(=O)NC(C)C)CCC1CC(CCc2ccccc2)C(CCCC(=O)O)CC1C(N)=O. The van der Waals surface area contributed by atoms with Gasteiger partial charge in [-0.2, -0.15) is 0 Å². The van der Waals surface area contributed by atoms with Gasteiger partial charge in [-0.05, 0) is 181 Å². The van der Waals surface area contributed by atoms with Crippen LogP contribution in [0.15, 0.2) is 73.1 Å². The number of fused-ring (bicyclic) bond motifs is 1. The fourth-order valence-electron chi connectivity index (χ4n) is 11.1. The molecule has 0 aliphatic heterocycles. The molecule has 1 aromatic heterocycles. The van der Waals surface area contributed by atoms with E-state index in [9.17, 15) is 33.9 Å². The Kier molecular flexibility index (Phi) is 25.1. The number of nitrogens with one attached hydrogen (secondary N) is 4. The van der Waals surface area contributed by atoms with Crippen LogP contribution in [0.25, 0.3) is 11.0 Å². The summed E-state index contributed by atoms with van der Waals surface area (Å²) in [6.07, 6.45) is 15.2. The number of benzene rings is 3. The first-order valence-corrected chi connectivity index (χ1v) is 27.5. The van der Waals surface area contributed by atoms with E-state index in [0.717, 1.165) is 97.5 Å². The summed E-state index contributed by atoms with van der Waals surface area (Å²) in [5, 5.41) is 18.5. The average Bonchev–Trinajstić information content (AvgIpc) is 3.84. The van der Waals surface area contributed by atoms with Crippen molar-refractivity contribution in [3.63, 3.8) is 0 Å². The van der Waals surface area contributed by atoms with Crippen molar-refractivity contribution in [1.29, 1.82) is 0 Å². The second kappa shape index (κ2) is 31.6. The normalized spacial score (nSPS) is 17.4. The van der Waals surface area contributed by atoms with Crippen molar-refractivity contribution in [1.82, 2.24) is 25.9 Å². The number of amides is 5. The van der Waals surface area contributed by atoms with E-state index in [1.54, 1.807) is 6.33 Å². The predicted octanol–water partition coefficient (Wildman–Crippen LogP) is 8.58. The van der Waals surface area contributed by atoms with E-state index in [0.29, 0.717) is 77.0 Å². The first-order chi connectivity index (χ1) is 35.6. The lowest BCUT2D eigenvalue weighted by atomic mass is 9.64. The monoisotopic (exact) mass is 1020 g/mol. The molecule has 4 aromatic rings. The molecule has 6 atom stereocenters. The highest BCUT2D eigenvalue weighted by Gasteiger charge is 2.39. The number of nitrogens with two attached hydrogens (primary N) is 2. The van der Waals surface area contributed by atoms with E-state index in [-0.39, 0.29) is 84.6 Å². The molecule has 0 bridgehead atoms. The van der Waals surface area contributed by atoms with Gasteiger partial charge in [0.15, 0.2) is 0 Å². The summed E-state index contributed by atoms with van der Waals surface area (Å²) in [6.45, 7) is 7.33. The molecule has 3 aromatic carbocycles. The number of imidazole rings is 1. The predicted molar refractivity (Wildman–Crippen MR) is 289 cm³/mol. The highest BCUT2D eigenvalue weighted by molar-refractivity contribution is 5.80. The Balaban J connectivity index is 1.09. The fourth-order valence-corrected chi connectivity index (χ4v) is 11.1. The number of ether oxygens (including phenoxy) is 1. The molecular formula is C59H85N7O8. The zero-order valence-corrected chi connectivity index (χ0v) is 44.3. The van der Waals surface area contributed by atoms with Gasteiger partial charge in [-0.25, -0.2) is 4.98 Å². The molecule has 404 valence electrons. The van der Waals surface area contributed by atoms with Crippen LogP contribution in [0.3, 0.4) is 0 Å². The van der Waals surface area contributed by atoms with Crippen LogP contribution in [0.5, 0.6) is 0 Å². The first-order valence-electron chi connectivity index (χ1n) is 27.5. The number of aryl methyl sites for hydroxylation is 3. The van der Waals surface area contributed by atoms with Gasteiger partial charge < -0.3 is 42.2 Å². The van der Waals surface area contributed by atoms with Crippen LogP contribution in [0.4, 0.5) is 0 Å². The molecule has 5 rings (SSSR count). The summed E-state index contributed by atoms with van der Waals surface area (Å²) in [4.78, 5) is 82.6. The van der Waals surface area contributed by atoms with Gasteiger partial charge in [-0.1, -0.05) is 61.0 Å². The summed E-state index contributed by atoms with van der Waals surface area (Å²) in [7, 11) is 0. The van der Waals surface area contributed by atoms with E-state index in [1.807, 2.05) is 63.2 Å². The first kappa shape index (κ1) is 58.8. The third-order valence-corrected chi connectivity index (χ3v) is 14.9. The highest BCUT2D eigenvalue weighted by atomic mass is 16.5. The summed E-state index contributed by atoms with van der Waals surface area (Å²) in [6, 6.07) is 22.2. The van der Waals surface area contributed by atoms with Crippen LogP contribution in [0.1, 0.15) is 158 Å². The molecular weight excluding hydrogens is 935 g/mol. The Hall–Kier alpha value is -6.09. The summed E-state index contributed by atoms with van der Waals surface area (Å²) in [5.41, 5.74) is 18.3. The third kappa shape index (κ3) is 21.4. The number of primary amides is 2. The Labute approximate surface area is 438 Å². The second-order valence-corrected chi connectivity index (χ2v) is 21.1. The number of carbonyl (C=O) groups excluding carboxylic acids is 5. The van der Waals surface area contributed by atoms with Crippen molar-refractivity contribution in [2.75, 3.05) is 13.2 Å². The molecule has 15 heteroatoms. The molecule has 6 unspecified atom stereocenters. The van der Waals surface area contributed by atoms with E-state index in [1.165, 1.54) is 5.56 Å². The Bertz CT molecular complexity index is 2390. The second-order valence-electron chi connectivity index (χ2n) is 21.1. The average molecular weight is 1020 g/mol. The standard InChI is InChI=1S/C59H85N7O8/c1-4-74-50(28-27-48-35-47(26-21-41-12-6-5-7-13-41)46(16-10-20-58(71)72)36-51(48)59(61)73)18-8-14-42(34-57(70)66-40(2)3)15-9-19-55(68)62-31-11-17-45-25-22-43(24-30-54(60)67)32-49(45)37-56(69)63-38-44-23-29-52-53(33-44)65-39-64-52/h5-7,12-13,22-23,25,29,32-33,39-40,42,46-48,50-51H,4,8-11,14-21,24,26-28,30-31,34-38H2,1-3H3,(H2,60,67)(H2,61,73)(H,62,68)(H,63,69)(H,64,65)(H,66,70)(H,71,72). The number of carboxylic acid groups (broad SMARTS) is 1. The molecule has 9 N–H and O–H groups in total. The number of aliphatic carboxylic acids is 1. The lowest BCUT2D eigenvalue weighted by Crippen LogP contribution is -2.40. The molecule has 0 saturated heterocycles. The van der Waals surface area contributed by atoms with Gasteiger partial charge in [0, 0.05) is 57.3 Å². The molecule has 5 amide bonds. The molecule has 1 saturated carbocycles. The quantitative estimate of drug-likeness (QED) is 0.0218. The Morgan fingerprint density at radius 1 is 0.716 bits per heavy atom. The maximum atomic E-state index is 13.2. The van der Waals surface area contributed by atoms with E-state index in [4.69, 9.17) is 16.2 Å². The zero-order valence-electron chi connectivity index (χ0n) is 44.3. The molecule has 0 radical (unpaired) electrons. The maximum absolute atomic E-state index is 13.2. The molecule has 1 heterocycles. The molecule has 15 nitrogen and oxygen atoms in total. The van der Waals surface area contributed by atoms with Crippen molar-refractivity contribution in [3.05, 3.63) is 101 Å². The van der Waals surface area contributed by atoms with Crippen molar-refractivity contribution >= 4 is 46.5 Å². The van der Waals surface area contributed by atoms with Gasteiger partial charge in [0.2, 0.25) is 29.5 Å². The van der Waals surface area contributed by atoms with Gasteiger partial charge in [0.05, 0.1) is 29.9 Å². The number of hydrogen-bond donors (Lipinski definition) is 7. The number of hydrogen-bond acceptors (Lipinski definition) is 8. The van der Waals surface area contributed by atoms with Crippen LogP contribution < -0.4 is 27.4 Å². The Morgan fingerprint density at radius 2 is 1.49 bits per heavy atom. The maximum Gasteiger partial charge on any atom is 0.303 e. The Morgan fingerprint density at radius 3 is 2.23 bits per heavy atom. The number of aromatic amines is 1. The lowest BCUT2D eigenvalue weighted by molar-refractivity contribution is -0.137. The summed E-state index contributed by atoms with van der Waals surface area (Å²) < 4.78 is 6.30. The topological polar surface area (TPSA) is 249 Å². The molecule has 74 heavy (non-hydrogen) atoms. The summed E-state index contributed by atoms with van der Waals surface area (Å²) in [5.74, 6) is -0.971. The third-order valence-electron chi connectivity index (χ3n) is 14.9. The van der Waals surface area contributed by atoms with Crippen LogP contribution in [-0.2, 0) is 65.7 Å². The molecule has 1 fully saturated rings. The van der Waals surface area contributed by atoms with Crippen LogP contribution in [0, 0.1) is 29.6 Å². The van der Waals surface area contributed by atoms with Crippen molar-refractivity contribution in [2.45, 2.75) is 174 Å². The minimum Gasteiger partial charge on any atom is -0.481 e. The van der Waals surface area contributed by atoms with E-state index < -0.39 is 5.97 Å². The lowest BCUT2D eigenvalue weighted by Gasteiger charge is -2.41. The van der Waals surface area contributed by atoms with Gasteiger partial charge in [-0.15, -0.1) is 0 Å². The number of nitrogens with zero attached hydrogens (tertiary/aromatic N) is 1. The van der Waals surface area contributed by atoms with E-state index in [2.05, 4.69) is 50.2 Å². The van der Waals surface area contributed by atoms with Crippen molar-refractivity contribution in [3.8, 4) is 0 Å². The number of carboxylic acids is 1. The van der Waals surface area contributed by atoms with Crippen LogP contribution in [-0.4, -0.2) is 75.9 Å². The highest BCUT2D eigenvalue weighted by Crippen LogP contribution is 2.44. The smallest absolute Gasteiger partial charge is 0.303 e. The molecule has 1 aliphatic rings. The minimum absolute atomic E-state index is 0.00253.